The number of nitrogens with zero attached hydrogens (tertiary/aromatic N) is 2. The van der Waals surface area contributed by atoms with Gasteiger partial charge in [0.15, 0.2) is 0 Å². The molecule has 4 rings (SSSR count). The molecule has 0 bridgehead atoms. The molecule has 6 nitrogen and oxygen atoms in total. The zero-order valence-corrected chi connectivity index (χ0v) is 20.1. The van der Waals surface area contributed by atoms with Crippen molar-refractivity contribution < 1.29 is 9.59 Å². The molecule has 1 heterocycles. The lowest BCUT2D eigenvalue weighted by atomic mass is 10.1. The molecule has 0 aliphatic heterocycles. The van der Waals surface area contributed by atoms with E-state index in [1.807, 2.05) is 98.8 Å². The van der Waals surface area contributed by atoms with Gasteiger partial charge in [0.25, 0.3) is 0 Å². The number of hydrogen-bond acceptors (Lipinski definition) is 3. The van der Waals surface area contributed by atoms with Crippen molar-refractivity contribution in [3.8, 4) is 16.8 Å². The monoisotopic (exact) mass is 466 g/mol. The molecule has 0 unspecified atom stereocenters. The first-order valence-electron chi connectivity index (χ1n) is 11.8. The van der Waals surface area contributed by atoms with Crippen molar-refractivity contribution in [1.29, 1.82) is 0 Å². The zero-order valence-electron chi connectivity index (χ0n) is 20.1. The summed E-state index contributed by atoms with van der Waals surface area (Å²) in [5.74, 6) is 0.241. The van der Waals surface area contributed by atoms with Crippen molar-refractivity contribution in [3.63, 3.8) is 0 Å². The first kappa shape index (κ1) is 24.0. The Balaban J connectivity index is 1.46. The van der Waals surface area contributed by atoms with Crippen LogP contribution >= 0.6 is 0 Å². The van der Waals surface area contributed by atoms with Crippen molar-refractivity contribution in [2.75, 3.05) is 11.9 Å². The number of rotatable bonds is 9. The van der Waals surface area contributed by atoms with Gasteiger partial charge in [0, 0.05) is 24.9 Å². The number of hydrogen-bond donors (Lipinski definition) is 2. The van der Waals surface area contributed by atoms with Crippen LogP contribution in [0.4, 0.5) is 5.82 Å². The molecule has 0 saturated heterocycles. The minimum absolute atomic E-state index is 0.0868. The van der Waals surface area contributed by atoms with Crippen molar-refractivity contribution in [2.24, 2.45) is 0 Å². The van der Waals surface area contributed by atoms with Crippen LogP contribution < -0.4 is 10.6 Å². The average Bonchev–Trinajstić information content (AvgIpc) is 3.19. The van der Waals surface area contributed by atoms with Crippen molar-refractivity contribution >= 4 is 17.6 Å². The second kappa shape index (κ2) is 11.3. The second-order valence-electron chi connectivity index (χ2n) is 8.56. The van der Waals surface area contributed by atoms with Gasteiger partial charge in [0.05, 0.1) is 11.4 Å². The van der Waals surface area contributed by atoms with E-state index in [-0.39, 0.29) is 24.7 Å². The maximum Gasteiger partial charge on any atom is 0.226 e. The molecule has 0 radical (unpaired) electrons. The van der Waals surface area contributed by atoms with E-state index < -0.39 is 0 Å². The average molecular weight is 467 g/mol. The summed E-state index contributed by atoms with van der Waals surface area (Å²) in [4.78, 5) is 25.2. The molecule has 35 heavy (non-hydrogen) atoms. The van der Waals surface area contributed by atoms with Crippen LogP contribution in [0, 0.1) is 13.8 Å². The van der Waals surface area contributed by atoms with E-state index >= 15 is 0 Å². The molecule has 6 heteroatoms. The van der Waals surface area contributed by atoms with Crippen LogP contribution in [0.25, 0.3) is 16.8 Å². The van der Waals surface area contributed by atoms with Gasteiger partial charge in [-0.3, -0.25) is 9.59 Å². The fourth-order valence-corrected chi connectivity index (χ4v) is 4.04. The predicted octanol–water partition coefficient (Wildman–Crippen LogP) is 5.23. The number of aryl methyl sites for hydroxylation is 2. The van der Waals surface area contributed by atoms with Crippen LogP contribution in [0.3, 0.4) is 0 Å². The Morgan fingerprint density at radius 3 is 2.23 bits per heavy atom. The van der Waals surface area contributed by atoms with E-state index in [9.17, 15) is 9.59 Å². The van der Waals surface area contributed by atoms with E-state index in [0.717, 1.165) is 34.5 Å². The molecule has 0 aliphatic rings. The minimum atomic E-state index is -0.228. The number of nitrogens with one attached hydrogen (secondary N) is 2. The van der Waals surface area contributed by atoms with E-state index in [1.165, 1.54) is 5.56 Å². The Morgan fingerprint density at radius 2 is 1.51 bits per heavy atom. The number of anilines is 1. The SMILES string of the molecule is Cc1cccc(-n2nc(C)c(-c3ccccc3)c2NC(=O)CCC(=O)NCCc2ccccc2)c1. The number of benzene rings is 3. The predicted molar refractivity (Wildman–Crippen MR) is 139 cm³/mol. The Hall–Kier alpha value is -4.19. The third kappa shape index (κ3) is 6.23. The van der Waals surface area contributed by atoms with Gasteiger partial charge in [-0.1, -0.05) is 72.8 Å². The lowest BCUT2D eigenvalue weighted by Gasteiger charge is -2.12. The Labute approximate surface area is 206 Å². The Bertz CT molecular complexity index is 1300. The zero-order chi connectivity index (χ0) is 24.6. The highest BCUT2D eigenvalue weighted by atomic mass is 16.2. The summed E-state index contributed by atoms with van der Waals surface area (Å²) in [5, 5.41) is 10.7. The second-order valence-corrected chi connectivity index (χ2v) is 8.56. The van der Waals surface area contributed by atoms with Crippen LogP contribution in [0.15, 0.2) is 84.9 Å². The molecule has 0 atom stereocenters. The summed E-state index contributed by atoms with van der Waals surface area (Å²) in [6.45, 7) is 4.50. The maximum absolute atomic E-state index is 12.9. The molecular formula is C29H30N4O2. The number of aromatic nitrogens is 2. The molecule has 0 fully saturated rings. The Morgan fingerprint density at radius 1 is 0.829 bits per heavy atom. The molecule has 4 aromatic rings. The van der Waals surface area contributed by atoms with Crippen LogP contribution in [0.1, 0.15) is 29.7 Å². The number of carbonyl (C=O) groups is 2. The molecule has 1 aromatic heterocycles. The summed E-state index contributed by atoms with van der Waals surface area (Å²) in [6, 6.07) is 27.8. The lowest BCUT2D eigenvalue weighted by Crippen LogP contribution is -2.27. The highest BCUT2D eigenvalue weighted by molar-refractivity contribution is 5.97. The Kier molecular flexibility index (Phi) is 7.73. The highest BCUT2D eigenvalue weighted by Gasteiger charge is 2.20. The first-order valence-corrected chi connectivity index (χ1v) is 11.8. The fourth-order valence-electron chi connectivity index (χ4n) is 4.04. The van der Waals surface area contributed by atoms with Crippen LogP contribution in [0.5, 0.6) is 0 Å². The third-order valence-corrected chi connectivity index (χ3v) is 5.78. The van der Waals surface area contributed by atoms with Crippen LogP contribution in [-0.2, 0) is 16.0 Å². The molecule has 178 valence electrons. The van der Waals surface area contributed by atoms with Gasteiger partial charge in [-0.2, -0.15) is 5.10 Å². The van der Waals surface area contributed by atoms with Crippen molar-refractivity contribution in [1.82, 2.24) is 15.1 Å². The van der Waals surface area contributed by atoms with Crippen molar-refractivity contribution in [3.05, 3.63) is 102 Å². The third-order valence-electron chi connectivity index (χ3n) is 5.78. The van der Waals surface area contributed by atoms with E-state index in [4.69, 9.17) is 5.10 Å². The van der Waals surface area contributed by atoms with E-state index in [1.54, 1.807) is 4.68 Å². The lowest BCUT2D eigenvalue weighted by molar-refractivity contribution is -0.124. The molecular weight excluding hydrogens is 436 g/mol. The maximum atomic E-state index is 12.9. The first-order chi connectivity index (χ1) is 17.0. The van der Waals surface area contributed by atoms with Crippen molar-refractivity contribution in [2.45, 2.75) is 33.1 Å². The number of carbonyl (C=O) groups excluding carboxylic acids is 2. The molecule has 0 spiro atoms. The van der Waals surface area contributed by atoms with Gasteiger partial charge < -0.3 is 10.6 Å². The topological polar surface area (TPSA) is 76.0 Å². The summed E-state index contributed by atoms with van der Waals surface area (Å²) >= 11 is 0. The van der Waals surface area contributed by atoms with Gasteiger partial charge >= 0.3 is 0 Å². The fraction of sp³-hybridized carbons (Fsp3) is 0.207. The number of amides is 2. The molecule has 2 N–H and O–H groups in total. The standard InChI is InChI=1S/C29H30N4O2/c1-21-10-9-15-25(20-21)33-29(28(22(2)32-33)24-13-7-4-8-14-24)31-27(35)17-16-26(34)30-19-18-23-11-5-3-6-12-23/h3-15,20H,16-19H2,1-2H3,(H,30,34)(H,31,35). The van der Waals surface area contributed by atoms with Gasteiger partial charge in [0.2, 0.25) is 11.8 Å². The van der Waals surface area contributed by atoms with Gasteiger partial charge in [-0.05, 0) is 49.1 Å². The van der Waals surface area contributed by atoms with Gasteiger partial charge in [-0.15, -0.1) is 0 Å². The summed E-state index contributed by atoms with van der Waals surface area (Å²) in [7, 11) is 0. The summed E-state index contributed by atoms with van der Waals surface area (Å²) in [5.41, 5.74) is 5.78. The molecule has 0 aliphatic carbocycles. The van der Waals surface area contributed by atoms with Crippen LogP contribution in [0.2, 0.25) is 0 Å². The summed E-state index contributed by atoms with van der Waals surface area (Å²) in [6.07, 6.45) is 0.969. The van der Waals surface area contributed by atoms with Gasteiger partial charge in [0.1, 0.15) is 5.82 Å². The van der Waals surface area contributed by atoms with E-state index in [0.29, 0.717) is 12.4 Å². The highest BCUT2D eigenvalue weighted by Crippen LogP contribution is 2.33. The quantitative estimate of drug-likeness (QED) is 0.354. The molecule has 0 saturated carbocycles. The normalized spacial score (nSPS) is 10.7. The molecule has 2 amide bonds. The van der Waals surface area contributed by atoms with E-state index in [2.05, 4.69) is 10.6 Å². The van der Waals surface area contributed by atoms with Crippen LogP contribution in [-0.4, -0.2) is 28.1 Å². The largest absolute Gasteiger partial charge is 0.356 e. The smallest absolute Gasteiger partial charge is 0.226 e. The minimum Gasteiger partial charge on any atom is -0.356 e. The summed E-state index contributed by atoms with van der Waals surface area (Å²) < 4.78 is 1.77. The van der Waals surface area contributed by atoms with Gasteiger partial charge in [-0.25, -0.2) is 4.68 Å². The molecule has 3 aromatic carbocycles.